The molecule has 0 aromatic rings. The Kier molecular flexibility index (Phi) is 4.54. The van der Waals surface area contributed by atoms with Gasteiger partial charge in [-0.25, -0.2) is 0 Å². The van der Waals surface area contributed by atoms with Gasteiger partial charge in [0.25, 0.3) is 0 Å². The molecule has 2 unspecified atom stereocenters. The Morgan fingerprint density at radius 2 is 2.27 bits per heavy atom. The molecule has 0 aliphatic carbocycles. The lowest BCUT2D eigenvalue weighted by Gasteiger charge is -2.37. The molecular weight excluding hydrogens is 190 g/mol. The summed E-state index contributed by atoms with van der Waals surface area (Å²) in [6.07, 6.45) is 2.99. The molecule has 0 spiro atoms. The van der Waals surface area contributed by atoms with Crippen LogP contribution in [-0.2, 0) is 4.79 Å². The number of carbonyl (C=O) groups excluding carboxylic acids is 1. The van der Waals surface area contributed by atoms with Gasteiger partial charge < -0.3 is 15.5 Å². The van der Waals surface area contributed by atoms with E-state index in [9.17, 15) is 4.79 Å². The number of hydrogen-bond acceptors (Lipinski definition) is 3. The maximum atomic E-state index is 11.9. The second-order valence-corrected chi connectivity index (χ2v) is 4.56. The van der Waals surface area contributed by atoms with E-state index < -0.39 is 0 Å². The van der Waals surface area contributed by atoms with E-state index in [0.29, 0.717) is 6.04 Å². The Hall–Kier alpha value is -0.610. The van der Waals surface area contributed by atoms with Crippen LogP contribution in [0.5, 0.6) is 0 Å². The number of hydrogen-bond donors (Lipinski definition) is 1. The molecule has 0 saturated carbocycles. The quantitative estimate of drug-likeness (QED) is 0.732. The first-order valence-corrected chi connectivity index (χ1v) is 5.77. The first kappa shape index (κ1) is 12.5. The Bertz CT molecular complexity index is 218. The number of nitrogens with two attached hydrogens (primary N) is 1. The highest BCUT2D eigenvalue weighted by atomic mass is 16.2. The molecule has 1 saturated heterocycles. The third-order valence-corrected chi connectivity index (χ3v) is 3.20. The average Bonchev–Trinajstić information content (AvgIpc) is 2.27. The Balaban J connectivity index is 2.52. The van der Waals surface area contributed by atoms with Crippen LogP contribution < -0.4 is 5.73 Å². The molecule has 1 rings (SSSR count). The van der Waals surface area contributed by atoms with E-state index in [1.165, 1.54) is 6.42 Å². The fraction of sp³-hybridized carbons (Fsp3) is 0.909. The van der Waals surface area contributed by atoms with Gasteiger partial charge in [-0.2, -0.15) is 0 Å². The number of likely N-dealkylation sites (N-methyl/N-ethyl adjacent to an activating group) is 1. The SMILES string of the molecule is CCC(N)C(=O)N1CCCC(N(C)C)C1. The second-order valence-electron chi connectivity index (χ2n) is 4.56. The van der Waals surface area contributed by atoms with E-state index in [4.69, 9.17) is 5.73 Å². The third-order valence-electron chi connectivity index (χ3n) is 3.20. The maximum Gasteiger partial charge on any atom is 0.239 e. The standard InChI is InChI=1S/C11H23N3O/c1-4-10(12)11(15)14-7-5-6-9(8-14)13(2)3/h9-10H,4-8,12H2,1-3H3. The Morgan fingerprint density at radius 1 is 1.60 bits per heavy atom. The van der Waals surface area contributed by atoms with E-state index in [0.717, 1.165) is 25.9 Å². The van der Waals surface area contributed by atoms with Gasteiger partial charge >= 0.3 is 0 Å². The maximum absolute atomic E-state index is 11.9. The lowest BCUT2D eigenvalue weighted by Crippen LogP contribution is -2.52. The molecular formula is C11H23N3O. The van der Waals surface area contributed by atoms with Crippen LogP contribution in [0.25, 0.3) is 0 Å². The minimum atomic E-state index is -0.314. The first-order valence-electron chi connectivity index (χ1n) is 5.77. The van der Waals surface area contributed by atoms with Crippen LogP contribution in [0.15, 0.2) is 0 Å². The average molecular weight is 213 g/mol. The Labute approximate surface area is 92.4 Å². The molecule has 1 heterocycles. The second kappa shape index (κ2) is 5.47. The predicted octanol–water partition coefficient (Wildman–Crippen LogP) is 0.276. The lowest BCUT2D eigenvalue weighted by molar-refractivity contribution is -0.134. The van der Waals surface area contributed by atoms with Gasteiger partial charge in [0.1, 0.15) is 0 Å². The van der Waals surface area contributed by atoms with Crippen LogP contribution in [-0.4, -0.2) is 55.0 Å². The van der Waals surface area contributed by atoms with Crippen molar-refractivity contribution in [2.75, 3.05) is 27.2 Å². The van der Waals surface area contributed by atoms with Crippen LogP contribution in [0.3, 0.4) is 0 Å². The van der Waals surface area contributed by atoms with Crippen molar-refractivity contribution in [2.24, 2.45) is 5.73 Å². The van der Waals surface area contributed by atoms with Gasteiger partial charge in [0.15, 0.2) is 0 Å². The van der Waals surface area contributed by atoms with Gasteiger partial charge in [-0.05, 0) is 33.4 Å². The summed E-state index contributed by atoms with van der Waals surface area (Å²) in [5, 5.41) is 0. The zero-order valence-electron chi connectivity index (χ0n) is 10.1. The highest BCUT2D eigenvalue weighted by Gasteiger charge is 2.26. The molecule has 0 aromatic carbocycles. The molecule has 1 fully saturated rings. The molecule has 15 heavy (non-hydrogen) atoms. The minimum absolute atomic E-state index is 0.115. The van der Waals surface area contributed by atoms with Crippen molar-refractivity contribution in [3.63, 3.8) is 0 Å². The molecule has 0 bridgehead atoms. The van der Waals surface area contributed by atoms with Crippen molar-refractivity contribution in [1.29, 1.82) is 0 Å². The zero-order chi connectivity index (χ0) is 11.4. The van der Waals surface area contributed by atoms with Crippen molar-refractivity contribution in [3.8, 4) is 0 Å². The van der Waals surface area contributed by atoms with Crippen LogP contribution in [0.4, 0.5) is 0 Å². The number of piperidine rings is 1. The molecule has 0 aromatic heterocycles. The van der Waals surface area contributed by atoms with Crippen molar-refractivity contribution in [1.82, 2.24) is 9.80 Å². The summed E-state index contributed by atoms with van der Waals surface area (Å²) in [5.74, 6) is 0.115. The minimum Gasteiger partial charge on any atom is -0.340 e. The van der Waals surface area contributed by atoms with Gasteiger partial charge in [-0.3, -0.25) is 4.79 Å². The third kappa shape index (κ3) is 3.18. The van der Waals surface area contributed by atoms with Gasteiger partial charge in [0.05, 0.1) is 6.04 Å². The topological polar surface area (TPSA) is 49.6 Å². The molecule has 0 radical (unpaired) electrons. The smallest absolute Gasteiger partial charge is 0.239 e. The number of amides is 1. The fourth-order valence-corrected chi connectivity index (χ4v) is 1.99. The van der Waals surface area contributed by atoms with Crippen molar-refractivity contribution >= 4 is 5.91 Å². The molecule has 1 aliphatic rings. The highest BCUT2D eigenvalue weighted by molar-refractivity contribution is 5.81. The van der Waals surface area contributed by atoms with E-state index in [1.807, 2.05) is 11.8 Å². The van der Waals surface area contributed by atoms with Crippen molar-refractivity contribution in [2.45, 2.75) is 38.3 Å². The molecule has 88 valence electrons. The molecule has 4 heteroatoms. The van der Waals surface area contributed by atoms with Gasteiger partial charge in [-0.15, -0.1) is 0 Å². The molecule has 2 atom stereocenters. The van der Waals surface area contributed by atoms with Crippen LogP contribution >= 0.6 is 0 Å². The van der Waals surface area contributed by atoms with Crippen LogP contribution in [0, 0.1) is 0 Å². The summed E-state index contributed by atoms with van der Waals surface area (Å²) in [6.45, 7) is 3.66. The number of likely N-dealkylation sites (tertiary alicyclic amines) is 1. The molecule has 1 amide bonds. The molecule has 4 nitrogen and oxygen atoms in total. The number of nitrogens with zero attached hydrogens (tertiary/aromatic N) is 2. The van der Waals surface area contributed by atoms with Crippen LogP contribution in [0.2, 0.25) is 0 Å². The number of carbonyl (C=O) groups is 1. The molecule has 2 N–H and O–H groups in total. The summed E-state index contributed by atoms with van der Waals surface area (Å²) in [7, 11) is 4.14. The Morgan fingerprint density at radius 3 is 2.80 bits per heavy atom. The van der Waals surface area contributed by atoms with E-state index in [-0.39, 0.29) is 11.9 Å². The fourth-order valence-electron chi connectivity index (χ4n) is 1.99. The van der Waals surface area contributed by atoms with Crippen molar-refractivity contribution in [3.05, 3.63) is 0 Å². The first-order chi connectivity index (χ1) is 7.06. The van der Waals surface area contributed by atoms with Crippen molar-refractivity contribution < 1.29 is 4.79 Å². The van der Waals surface area contributed by atoms with E-state index in [2.05, 4.69) is 19.0 Å². The van der Waals surface area contributed by atoms with Gasteiger partial charge in [0, 0.05) is 19.1 Å². The predicted molar refractivity (Wildman–Crippen MR) is 61.6 cm³/mol. The normalized spacial score (nSPS) is 24.3. The summed E-state index contributed by atoms with van der Waals surface area (Å²) in [5.41, 5.74) is 5.76. The summed E-state index contributed by atoms with van der Waals surface area (Å²) in [6, 6.07) is 0.178. The summed E-state index contributed by atoms with van der Waals surface area (Å²) >= 11 is 0. The van der Waals surface area contributed by atoms with E-state index >= 15 is 0 Å². The highest BCUT2D eigenvalue weighted by Crippen LogP contribution is 2.14. The van der Waals surface area contributed by atoms with Gasteiger partial charge in [0.2, 0.25) is 5.91 Å². The molecule has 1 aliphatic heterocycles. The lowest BCUT2D eigenvalue weighted by atomic mass is 10.0. The summed E-state index contributed by atoms with van der Waals surface area (Å²) < 4.78 is 0. The van der Waals surface area contributed by atoms with Gasteiger partial charge in [-0.1, -0.05) is 6.92 Å². The van der Waals surface area contributed by atoms with E-state index in [1.54, 1.807) is 0 Å². The zero-order valence-corrected chi connectivity index (χ0v) is 10.1. The summed E-state index contributed by atoms with van der Waals surface area (Å²) in [4.78, 5) is 16.0. The van der Waals surface area contributed by atoms with Crippen LogP contribution in [0.1, 0.15) is 26.2 Å². The number of rotatable bonds is 3. The monoisotopic (exact) mass is 213 g/mol. The largest absolute Gasteiger partial charge is 0.340 e.